The first-order valence-corrected chi connectivity index (χ1v) is 14.0. The molecule has 1 fully saturated rings. The molecule has 1 aliphatic heterocycles. The minimum absolute atomic E-state index is 0.0421. The maximum absolute atomic E-state index is 13.0. The number of nitrogens with zero attached hydrogens (tertiary/aromatic N) is 3. The van der Waals surface area contributed by atoms with Crippen molar-refractivity contribution in [2.45, 2.75) is 33.6 Å². The normalized spacial score (nSPS) is 13.2. The molecule has 0 bridgehead atoms. The number of hydrogen-bond acceptors (Lipinski definition) is 6. The number of rotatable bonds is 11. The molecule has 2 N–H and O–H groups in total. The van der Waals surface area contributed by atoms with E-state index in [4.69, 9.17) is 4.42 Å². The number of amides is 3. The molecule has 0 saturated carbocycles. The van der Waals surface area contributed by atoms with Crippen LogP contribution >= 0.6 is 0 Å². The van der Waals surface area contributed by atoms with Gasteiger partial charge in [0.15, 0.2) is 5.76 Å². The molecule has 0 unspecified atom stereocenters. The molecule has 0 spiro atoms. The summed E-state index contributed by atoms with van der Waals surface area (Å²) in [6.07, 6.45) is 3.01. The lowest BCUT2D eigenvalue weighted by Crippen LogP contribution is -2.47. The predicted molar refractivity (Wildman–Crippen MR) is 158 cm³/mol. The lowest BCUT2D eigenvalue weighted by Gasteiger charge is -2.38. The van der Waals surface area contributed by atoms with Gasteiger partial charge in [-0.25, -0.2) is 0 Å². The van der Waals surface area contributed by atoms with Crippen molar-refractivity contribution in [3.05, 3.63) is 77.7 Å². The number of furan rings is 1. The van der Waals surface area contributed by atoms with Gasteiger partial charge in [0.1, 0.15) is 0 Å². The summed E-state index contributed by atoms with van der Waals surface area (Å²) in [4.78, 5) is 44.0. The lowest BCUT2D eigenvalue weighted by molar-refractivity contribution is -0.128. The summed E-state index contributed by atoms with van der Waals surface area (Å²) >= 11 is 0. The topological polar surface area (TPSA) is 98.1 Å². The maximum atomic E-state index is 13.0. The Balaban J connectivity index is 1.45. The summed E-state index contributed by atoms with van der Waals surface area (Å²) in [6.45, 7) is 10.7. The summed E-state index contributed by atoms with van der Waals surface area (Å²) in [5, 5.41) is 5.90. The van der Waals surface area contributed by atoms with Crippen LogP contribution in [0.1, 0.15) is 53.2 Å². The smallest absolute Gasteiger partial charge is 0.291 e. The third kappa shape index (κ3) is 7.22. The van der Waals surface area contributed by atoms with E-state index < -0.39 is 0 Å². The average Bonchev–Trinajstić information content (AvgIpc) is 3.50. The number of anilines is 3. The van der Waals surface area contributed by atoms with Crippen molar-refractivity contribution in [3.63, 3.8) is 0 Å². The van der Waals surface area contributed by atoms with Crippen LogP contribution in [-0.2, 0) is 4.79 Å². The monoisotopic (exact) mass is 545 g/mol. The molecule has 3 amide bonds. The van der Waals surface area contributed by atoms with E-state index in [0.29, 0.717) is 37.3 Å². The average molecular weight is 546 g/mol. The van der Waals surface area contributed by atoms with Gasteiger partial charge in [0.2, 0.25) is 5.91 Å². The van der Waals surface area contributed by atoms with Crippen molar-refractivity contribution in [1.29, 1.82) is 0 Å². The number of aryl methyl sites for hydroxylation is 1. The van der Waals surface area contributed by atoms with Crippen LogP contribution in [0.3, 0.4) is 0 Å². The molecule has 4 rings (SSSR count). The maximum Gasteiger partial charge on any atom is 0.291 e. The van der Waals surface area contributed by atoms with E-state index in [1.54, 1.807) is 36.1 Å². The van der Waals surface area contributed by atoms with E-state index in [2.05, 4.69) is 45.6 Å². The molecule has 3 aromatic rings. The number of carbonyl (C=O) groups excluding carboxylic acids is 3. The molecular formula is C31H39N5O4. The fourth-order valence-corrected chi connectivity index (χ4v) is 5.02. The van der Waals surface area contributed by atoms with Crippen LogP contribution in [0.4, 0.5) is 17.1 Å². The Bertz CT molecular complexity index is 1300. The van der Waals surface area contributed by atoms with Gasteiger partial charge < -0.3 is 29.8 Å². The van der Waals surface area contributed by atoms with Crippen LogP contribution in [0.2, 0.25) is 0 Å². The van der Waals surface area contributed by atoms with Gasteiger partial charge in [0, 0.05) is 64.0 Å². The molecule has 40 heavy (non-hydrogen) atoms. The Morgan fingerprint density at radius 3 is 2.27 bits per heavy atom. The molecule has 2 aromatic carbocycles. The van der Waals surface area contributed by atoms with E-state index in [1.807, 2.05) is 19.1 Å². The Hall–Kier alpha value is -4.27. The Morgan fingerprint density at radius 2 is 1.62 bits per heavy atom. The number of hydrogen-bond donors (Lipinski definition) is 2. The van der Waals surface area contributed by atoms with Gasteiger partial charge in [-0.1, -0.05) is 25.1 Å². The summed E-state index contributed by atoms with van der Waals surface area (Å²) in [5.41, 5.74) is 4.36. The van der Waals surface area contributed by atoms with Gasteiger partial charge in [0.05, 0.1) is 17.6 Å². The molecule has 0 atom stereocenters. The van der Waals surface area contributed by atoms with Crippen molar-refractivity contribution >= 4 is 34.8 Å². The predicted octanol–water partition coefficient (Wildman–Crippen LogP) is 4.55. The molecule has 0 aliphatic carbocycles. The van der Waals surface area contributed by atoms with Crippen molar-refractivity contribution in [2.75, 3.05) is 60.9 Å². The van der Waals surface area contributed by atoms with Crippen LogP contribution in [0.25, 0.3) is 0 Å². The van der Waals surface area contributed by atoms with Crippen molar-refractivity contribution < 1.29 is 18.8 Å². The first kappa shape index (κ1) is 28.7. The summed E-state index contributed by atoms with van der Waals surface area (Å²) in [6, 6.07) is 17.1. The van der Waals surface area contributed by atoms with Crippen LogP contribution < -0.4 is 20.4 Å². The van der Waals surface area contributed by atoms with E-state index >= 15 is 0 Å². The number of para-hydroxylation sites is 1. The second-order valence-electron chi connectivity index (χ2n) is 10.0. The van der Waals surface area contributed by atoms with Gasteiger partial charge in [-0.3, -0.25) is 14.4 Å². The van der Waals surface area contributed by atoms with E-state index in [0.717, 1.165) is 38.3 Å². The Morgan fingerprint density at radius 1 is 0.900 bits per heavy atom. The highest BCUT2D eigenvalue weighted by Crippen LogP contribution is 2.30. The number of nitrogens with one attached hydrogen (secondary N) is 2. The molecule has 9 nitrogen and oxygen atoms in total. The summed E-state index contributed by atoms with van der Waals surface area (Å²) < 4.78 is 5.28. The standard InChI is InChI=1S/C31H39N5O4/c1-4-15-34(24(3)37)16-8-14-32-30(38)25-12-13-28(26(22-25)33-31(39)29-11-7-21-40-29)36-19-17-35(18-20-36)27-10-6-5-9-23(27)2/h5-7,9-13,21-22H,4,8,14-20H2,1-3H3,(H,32,38)(H,33,39). The van der Waals surface area contributed by atoms with Gasteiger partial charge in [-0.05, 0) is 61.7 Å². The number of benzene rings is 2. The minimum atomic E-state index is -0.373. The molecule has 2 heterocycles. The zero-order valence-electron chi connectivity index (χ0n) is 23.6. The Labute approximate surface area is 236 Å². The SMILES string of the molecule is CCCN(CCCNC(=O)c1ccc(N2CCN(c3ccccc3C)CC2)c(NC(=O)c2ccco2)c1)C(C)=O. The minimum Gasteiger partial charge on any atom is -0.459 e. The zero-order chi connectivity index (χ0) is 28.5. The molecule has 0 radical (unpaired) electrons. The quantitative estimate of drug-likeness (QED) is 0.343. The van der Waals surface area contributed by atoms with Crippen LogP contribution in [0.15, 0.2) is 65.3 Å². The first-order valence-electron chi connectivity index (χ1n) is 14.0. The number of carbonyl (C=O) groups is 3. The third-order valence-corrected chi connectivity index (χ3v) is 7.16. The van der Waals surface area contributed by atoms with Crippen LogP contribution in [0.5, 0.6) is 0 Å². The van der Waals surface area contributed by atoms with Crippen molar-refractivity contribution in [1.82, 2.24) is 10.2 Å². The second-order valence-corrected chi connectivity index (χ2v) is 10.0. The van der Waals surface area contributed by atoms with E-state index in [9.17, 15) is 14.4 Å². The highest BCUT2D eigenvalue weighted by Gasteiger charge is 2.23. The van der Waals surface area contributed by atoms with E-state index in [1.165, 1.54) is 17.5 Å². The van der Waals surface area contributed by atoms with Crippen molar-refractivity contribution in [2.24, 2.45) is 0 Å². The Kier molecular flexibility index (Phi) is 9.83. The van der Waals surface area contributed by atoms with Gasteiger partial charge in [0.25, 0.3) is 11.8 Å². The fraction of sp³-hybridized carbons (Fsp3) is 0.387. The molecule has 212 valence electrons. The summed E-state index contributed by atoms with van der Waals surface area (Å²) in [7, 11) is 0. The summed E-state index contributed by atoms with van der Waals surface area (Å²) in [5.74, 6) is -0.357. The highest BCUT2D eigenvalue weighted by molar-refractivity contribution is 6.05. The zero-order valence-corrected chi connectivity index (χ0v) is 23.6. The number of piperazine rings is 1. The molecule has 1 saturated heterocycles. The van der Waals surface area contributed by atoms with Crippen molar-refractivity contribution in [3.8, 4) is 0 Å². The lowest BCUT2D eigenvalue weighted by atomic mass is 10.1. The van der Waals surface area contributed by atoms with E-state index in [-0.39, 0.29) is 23.5 Å². The van der Waals surface area contributed by atoms with Crippen LogP contribution in [0, 0.1) is 6.92 Å². The first-order chi connectivity index (χ1) is 19.4. The molecule has 1 aliphatic rings. The third-order valence-electron chi connectivity index (χ3n) is 7.16. The fourth-order valence-electron chi connectivity index (χ4n) is 5.02. The highest BCUT2D eigenvalue weighted by atomic mass is 16.3. The van der Waals surface area contributed by atoms with Gasteiger partial charge >= 0.3 is 0 Å². The molecule has 1 aromatic heterocycles. The largest absolute Gasteiger partial charge is 0.459 e. The van der Waals surface area contributed by atoms with Gasteiger partial charge in [-0.15, -0.1) is 0 Å². The van der Waals surface area contributed by atoms with Gasteiger partial charge in [-0.2, -0.15) is 0 Å². The molecular weight excluding hydrogens is 506 g/mol. The molecule has 9 heteroatoms. The second kappa shape index (κ2) is 13.7. The van der Waals surface area contributed by atoms with Crippen LogP contribution in [-0.4, -0.2) is 68.4 Å².